The lowest BCUT2D eigenvalue weighted by Crippen LogP contribution is -2.28. The molecule has 0 aliphatic rings. The van der Waals surface area contributed by atoms with Crippen molar-refractivity contribution in [2.45, 2.75) is 12.2 Å². The van der Waals surface area contributed by atoms with Gasteiger partial charge in [0.15, 0.2) is 0 Å². The van der Waals surface area contributed by atoms with Gasteiger partial charge in [0.2, 0.25) is 0 Å². The third-order valence-electron chi connectivity index (χ3n) is 2.55. The lowest BCUT2D eigenvalue weighted by atomic mass is 10.0. The fraction of sp³-hybridized carbons (Fsp3) is 0.167. The van der Waals surface area contributed by atoms with Gasteiger partial charge in [0, 0.05) is 4.47 Å². The average Bonchev–Trinajstić information content (AvgIpc) is 2.27. The summed E-state index contributed by atoms with van der Waals surface area (Å²) in [4.78, 5) is 0. The fourth-order valence-corrected chi connectivity index (χ4v) is 2.28. The zero-order valence-electron chi connectivity index (χ0n) is 8.63. The van der Waals surface area contributed by atoms with Gasteiger partial charge in [-0.1, -0.05) is 40.2 Å². The highest BCUT2D eigenvalue weighted by molar-refractivity contribution is 9.10. The predicted octanol–water partition coefficient (Wildman–Crippen LogP) is 4.16. The highest BCUT2D eigenvalue weighted by Crippen LogP contribution is 2.34. The van der Waals surface area contributed by atoms with Crippen molar-refractivity contribution in [3.63, 3.8) is 0 Å². The van der Waals surface area contributed by atoms with Gasteiger partial charge in [0.25, 0.3) is 0 Å². The molecule has 0 saturated heterocycles. The van der Waals surface area contributed by atoms with E-state index in [1.54, 1.807) is 12.1 Å². The summed E-state index contributed by atoms with van der Waals surface area (Å²) in [5, 5.41) is 1.60. The van der Waals surface area contributed by atoms with E-state index in [2.05, 4.69) is 15.9 Å². The summed E-state index contributed by atoms with van der Waals surface area (Å²) in [6, 6.07) is 8.13. The lowest BCUT2D eigenvalue weighted by Gasteiger charge is -2.17. The number of halogens is 4. The van der Waals surface area contributed by atoms with E-state index in [0.717, 1.165) is 10.8 Å². The summed E-state index contributed by atoms with van der Waals surface area (Å²) in [5.41, 5.74) is 5.24. The SMILES string of the molecule is N[C@@H](c1cc(Br)c2ccccc2c1)C(F)(F)F. The van der Waals surface area contributed by atoms with Gasteiger partial charge in [-0.3, -0.25) is 0 Å². The van der Waals surface area contributed by atoms with Crippen LogP contribution in [-0.2, 0) is 0 Å². The van der Waals surface area contributed by atoms with Crippen LogP contribution in [-0.4, -0.2) is 6.18 Å². The first-order valence-electron chi connectivity index (χ1n) is 4.90. The Labute approximate surface area is 105 Å². The standard InChI is InChI=1S/C12H9BrF3N/c13-10-6-8(11(17)12(14,15)16)5-7-3-1-2-4-9(7)10/h1-6,11H,17H2/t11-/m0/s1. The Kier molecular flexibility index (Phi) is 3.14. The van der Waals surface area contributed by atoms with Gasteiger partial charge in [0.05, 0.1) is 0 Å². The van der Waals surface area contributed by atoms with Crippen LogP contribution in [0.1, 0.15) is 11.6 Å². The van der Waals surface area contributed by atoms with Crippen molar-refractivity contribution in [3.8, 4) is 0 Å². The summed E-state index contributed by atoms with van der Waals surface area (Å²) in [6.45, 7) is 0. The van der Waals surface area contributed by atoms with Gasteiger partial charge in [0.1, 0.15) is 6.04 Å². The Hall–Kier alpha value is -1.07. The van der Waals surface area contributed by atoms with Gasteiger partial charge in [-0.2, -0.15) is 13.2 Å². The van der Waals surface area contributed by atoms with Crippen LogP contribution in [0, 0.1) is 0 Å². The molecule has 1 atom stereocenters. The Morgan fingerprint density at radius 1 is 1.12 bits per heavy atom. The molecule has 0 aliphatic carbocycles. The number of benzene rings is 2. The maximum atomic E-state index is 12.5. The van der Waals surface area contributed by atoms with Crippen molar-refractivity contribution in [1.82, 2.24) is 0 Å². The summed E-state index contributed by atoms with van der Waals surface area (Å²) in [7, 11) is 0. The third-order valence-corrected chi connectivity index (χ3v) is 3.20. The molecule has 2 aromatic carbocycles. The second-order valence-electron chi connectivity index (χ2n) is 3.74. The van der Waals surface area contributed by atoms with E-state index >= 15 is 0 Å². The predicted molar refractivity (Wildman–Crippen MR) is 64.6 cm³/mol. The highest BCUT2D eigenvalue weighted by Gasteiger charge is 2.38. The van der Waals surface area contributed by atoms with Crippen LogP contribution < -0.4 is 5.73 Å². The molecule has 0 radical (unpaired) electrons. The van der Waals surface area contributed by atoms with Crippen molar-refractivity contribution >= 4 is 26.7 Å². The second-order valence-corrected chi connectivity index (χ2v) is 4.60. The Morgan fingerprint density at radius 3 is 2.41 bits per heavy atom. The quantitative estimate of drug-likeness (QED) is 0.841. The first-order valence-corrected chi connectivity index (χ1v) is 5.69. The molecule has 0 aromatic heterocycles. The van der Waals surface area contributed by atoms with E-state index < -0.39 is 12.2 Å². The molecule has 2 aromatic rings. The van der Waals surface area contributed by atoms with E-state index in [4.69, 9.17) is 5.73 Å². The molecule has 0 spiro atoms. The topological polar surface area (TPSA) is 26.0 Å². The van der Waals surface area contributed by atoms with Gasteiger partial charge in [-0.05, 0) is 28.5 Å². The summed E-state index contributed by atoms with van der Waals surface area (Å²) < 4.78 is 38.2. The minimum atomic E-state index is -4.43. The summed E-state index contributed by atoms with van der Waals surface area (Å²) in [6.07, 6.45) is -4.43. The Balaban J connectivity index is 2.58. The van der Waals surface area contributed by atoms with Crippen LogP contribution in [0.25, 0.3) is 10.8 Å². The maximum absolute atomic E-state index is 12.5. The monoisotopic (exact) mass is 303 g/mol. The molecule has 5 heteroatoms. The molecule has 0 aliphatic heterocycles. The van der Waals surface area contributed by atoms with Crippen LogP contribution in [0.2, 0.25) is 0 Å². The second kappa shape index (κ2) is 4.31. The van der Waals surface area contributed by atoms with Gasteiger partial charge < -0.3 is 5.73 Å². The van der Waals surface area contributed by atoms with E-state index in [9.17, 15) is 13.2 Å². The van der Waals surface area contributed by atoms with E-state index in [1.807, 2.05) is 12.1 Å². The first-order chi connectivity index (χ1) is 7.89. The minimum absolute atomic E-state index is 0.0584. The Bertz CT molecular complexity index is 551. The number of alkyl halides is 3. The molecular formula is C12H9BrF3N. The molecule has 90 valence electrons. The molecule has 0 amide bonds. The van der Waals surface area contributed by atoms with Crippen LogP contribution in [0.15, 0.2) is 40.9 Å². The molecule has 2 rings (SSSR count). The molecule has 0 saturated carbocycles. The largest absolute Gasteiger partial charge is 0.407 e. The van der Waals surface area contributed by atoms with Crippen molar-refractivity contribution in [1.29, 1.82) is 0 Å². The average molecular weight is 304 g/mol. The van der Waals surface area contributed by atoms with Crippen molar-refractivity contribution in [2.24, 2.45) is 5.73 Å². The lowest BCUT2D eigenvalue weighted by molar-refractivity contribution is -0.149. The van der Waals surface area contributed by atoms with E-state index in [0.29, 0.717) is 4.47 Å². The number of fused-ring (bicyclic) bond motifs is 1. The molecule has 0 bridgehead atoms. The zero-order chi connectivity index (χ0) is 12.6. The summed E-state index contributed by atoms with van der Waals surface area (Å²) >= 11 is 3.26. The van der Waals surface area contributed by atoms with Crippen LogP contribution in [0.4, 0.5) is 13.2 Å². The summed E-state index contributed by atoms with van der Waals surface area (Å²) in [5.74, 6) is 0. The van der Waals surface area contributed by atoms with Crippen LogP contribution >= 0.6 is 15.9 Å². The normalized spacial score (nSPS) is 13.9. The smallest absolute Gasteiger partial charge is 0.316 e. The van der Waals surface area contributed by atoms with Crippen molar-refractivity contribution in [2.75, 3.05) is 0 Å². The van der Waals surface area contributed by atoms with Gasteiger partial charge in [-0.25, -0.2) is 0 Å². The minimum Gasteiger partial charge on any atom is -0.316 e. The van der Waals surface area contributed by atoms with Gasteiger partial charge >= 0.3 is 6.18 Å². The molecule has 0 heterocycles. The molecular weight excluding hydrogens is 295 g/mol. The van der Waals surface area contributed by atoms with E-state index in [1.165, 1.54) is 12.1 Å². The molecule has 0 fully saturated rings. The fourth-order valence-electron chi connectivity index (χ4n) is 1.65. The molecule has 0 unspecified atom stereocenters. The number of rotatable bonds is 1. The number of hydrogen-bond donors (Lipinski definition) is 1. The first kappa shape index (κ1) is 12.4. The number of nitrogens with two attached hydrogens (primary N) is 1. The van der Waals surface area contributed by atoms with Crippen molar-refractivity contribution in [3.05, 3.63) is 46.4 Å². The maximum Gasteiger partial charge on any atom is 0.407 e. The molecule has 2 N–H and O–H groups in total. The van der Waals surface area contributed by atoms with Crippen LogP contribution in [0.5, 0.6) is 0 Å². The number of hydrogen-bond acceptors (Lipinski definition) is 1. The Morgan fingerprint density at radius 2 is 1.76 bits per heavy atom. The van der Waals surface area contributed by atoms with Crippen LogP contribution in [0.3, 0.4) is 0 Å². The highest BCUT2D eigenvalue weighted by atomic mass is 79.9. The van der Waals surface area contributed by atoms with Gasteiger partial charge in [-0.15, -0.1) is 0 Å². The third kappa shape index (κ3) is 2.45. The van der Waals surface area contributed by atoms with E-state index in [-0.39, 0.29) is 5.56 Å². The zero-order valence-corrected chi connectivity index (χ0v) is 10.2. The molecule has 17 heavy (non-hydrogen) atoms. The van der Waals surface area contributed by atoms with Crippen molar-refractivity contribution < 1.29 is 13.2 Å². The molecule has 1 nitrogen and oxygen atoms in total.